The molecule has 1 aromatic carbocycles. The van der Waals surface area contributed by atoms with E-state index in [1.807, 2.05) is 13.2 Å². The van der Waals surface area contributed by atoms with Gasteiger partial charge in [0.1, 0.15) is 5.82 Å². The highest BCUT2D eigenvalue weighted by atomic mass is 16.5. The fraction of sp³-hybridized carbons (Fsp3) is 0.450. The van der Waals surface area contributed by atoms with Gasteiger partial charge in [-0.1, -0.05) is 12.1 Å². The summed E-state index contributed by atoms with van der Waals surface area (Å²) in [5.41, 5.74) is 4.25. The molecule has 0 amide bonds. The van der Waals surface area contributed by atoms with Crippen LogP contribution in [0.15, 0.2) is 24.4 Å². The van der Waals surface area contributed by atoms with E-state index in [2.05, 4.69) is 61.2 Å². The molecule has 4 rings (SSSR count). The van der Waals surface area contributed by atoms with E-state index in [9.17, 15) is 0 Å². The number of nitrogens with zero attached hydrogens (tertiary/aromatic N) is 5. The van der Waals surface area contributed by atoms with Crippen LogP contribution in [0.5, 0.6) is 0 Å². The normalized spacial score (nSPS) is 20.3. The van der Waals surface area contributed by atoms with Crippen LogP contribution in [0.1, 0.15) is 25.0 Å². The molecular formula is C20H26N6O. The molecule has 0 radical (unpaired) electrons. The molecule has 2 aromatic heterocycles. The Balaban J connectivity index is 1.78. The quantitative estimate of drug-likeness (QED) is 0.767. The molecule has 7 heteroatoms. The van der Waals surface area contributed by atoms with Gasteiger partial charge in [-0.15, -0.1) is 0 Å². The SMILES string of the molecule is Cc1ccc(C)c(Nc2nc(N3C[C@@H](C)O[C@@H](C)C3)nc3c2cnn3C)c1. The van der Waals surface area contributed by atoms with E-state index in [0.717, 1.165) is 35.6 Å². The zero-order valence-corrected chi connectivity index (χ0v) is 16.5. The highest BCUT2D eigenvalue weighted by molar-refractivity contribution is 5.89. The number of hydrogen-bond donors (Lipinski definition) is 1. The van der Waals surface area contributed by atoms with E-state index in [1.165, 1.54) is 11.1 Å². The lowest BCUT2D eigenvalue weighted by Gasteiger charge is -2.35. The summed E-state index contributed by atoms with van der Waals surface area (Å²) in [5.74, 6) is 1.49. The van der Waals surface area contributed by atoms with Crippen LogP contribution in [0.25, 0.3) is 11.0 Å². The first-order valence-corrected chi connectivity index (χ1v) is 9.35. The molecule has 3 aromatic rings. The highest BCUT2D eigenvalue weighted by Crippen LogP contribution is 2.29. The number of morpholine rings is 1. The molecule has 1 aliphatic rings. The van der Waals surface area contributed by atoms with Crippen LogP contribution in [0.2, 0.25) is 0 Å². The van der Waals surface area contributed by atoms with Crippen LogP contribution in [0.3, 0.4) is 0 Å². The molecule has 0 unspecified atom stereocenters. The molecular weight excluding hydrogens is 340 g/mol. The summed E-state index contributed by atoms with van der Waals surface area (Å²) in [6, 6.07) is 6.37. The van der Waals surface area contributed by atoms with Gasteiger partial charge >= 0.3 is 0 Å². The Morgan fingerprint density at radius 2 is 1.85 bits per heavy atom. The summed E-state index contributed by atoms with van der Waals surface area (Å²) < 4.78 is 7.65. The second-order valence-corrected chi connectivity index (χ2v) is 7.48. The van der Waals surface area contributed by atoms with Gasteiger partial charge < -0.3 is 15.0 Å². The van der Waals surface area contributed by atoms with Crippen molar-refractivity contribution in [3.8, 4) is 0 Å². The average molecular weight is 366 g/mol. The third-order valence-electron chi connectivity index (χ3n) is 4.93. The molecule has 0 bridgehead atoms. The Morgan fingerprint density at radius 1 is 1.11 bits per heavy atom. The zero-order chi connectivity index (χ0) is 19.1. The maximum atomic E-state index is 5.86. The van der Waals surface area contributed by atoms with Crippen molar-refractivity contribution in [2.45, 2.75) is 39.9 Å². The molecule has 1 aliphatic heterocycles. The van der Waals surface area contributed by atoms with E-state index < -0.39 is 0 Å². The highest BCUT2D eigenvalue weighted by Gasteiger charge is 2.25. The second-order valence-electron chi connectivity index (χ2n) is 7.48. The van der Waals surface area contributed by atoms with Gasteiger partial charge in [-0.3, -0.25) is 4.68 Å². The van der Waals surface area contributed by atoms with Crippen molar-refractivity contribution in [3.63, 3.8) is 0 Å². The lowest BCUT2D eigenvalue weighted by molar-refractivity contribution is -0.00569. The summed E-state index contributed by atoms with van der Waals surface area (Å²) in [7, 11) is 1.91. The minimum absolute atomic E-state index is 0.148. The first kappa shape index (κ1) is 17.7. The van der Waals surface area contributed by atoms with Crippen molar-refractivity contribution < 1.29 is 4.74 Å². The van der Waals surface area contributed by atoms with Crippen molar-refractivity contribution in [2.75, 3.05) is 23.3 Å². The van der Waals surface area contributed by atoms with E-state index in [0.29, 0.717) is 5.95 Å². The van der Waals surface area contributed by atoms with Gasteiger partial charge in [0, 0.05) is 25.8 Å². The van der Waals surface area contributed by atoms with Gasteiger partial charge in [-0.2, -0.15) is 15.1 Å². The van der Waals surface area contributed by atoms with Crippen LogP contribution in [0, 0.1) is 13.8 Å². The minimum Gasteiger partial charge on any atom is -0.372 e. The van der Waals surface area contributed by atoms with Crippen LogP contribution in [-0.2, 0) is 11.8 Å². The fourth-order valence-corrected chi connectivity index (χ4v) is 3.59. The number of fused-ring (bicyclic) bond motifs is 1. The molecule has 0 spiro atoms. The van der Waals surface area contributed by atoms with E-state index in [4.69, 9.17) is 14.7 Å². The number of hydrogen-bond acceptors (Lipinski definition) is 6. The third kappa shape index (κ3) is 3.47. The smallest absolute Gasteiger partial charge is 0.229 e. The number of rotatable bonds is 3. The molecule has 0 saturated carbocycles. The maximum Gasteiger partial charge on any atom is 0.229 e. The Kier molecular flexibility index (Phi) is 4.47. The van der Waals surface area contributed by atoms with Crippen molar-refractivity contribution >= 4 is 28.5 Å². The van der Waals surface area contributed by atoms with Gasteiger partial charge in [-0.25, -0.2) is 0 Å². The predicted molar refractivity (Wildman–Crippen MR) is 108 cm³/mol. The van der Waals surface area contributed by atoms with Gasteiger partial charge in [0.05, 0.1) is 23.8 Å². The lowest BCUT2D eigenvalue weighted by Crippen LogP contribution is -2.46. The first-order valence-electron chi connectivity index (χ1n) is 9.35. The topological polar surface area (TPSA) is 68.1 Å². The summed E-state index contributed by atoms with van der Waals surface area (Å²) in [6.45, 7) is 9.90. The van der Waals surface area contributed by atoms with Gasteiger partial charge in [0.2, 0.25) is 5.95 Å². The molecule has 27 heavy (non-hydrogen) atoms. The maximum absolute atomic E-state index is 5.86. The molecule has 3 heterocycles. The molecule has 1 saturated heterocycles. The molecule has 7 nitrogen and oxygen atoms in total. The minimum atomic E-state index is 0.148. The Bertz CT molecular complexity index is 972. The summed E-state index contributed by atoms with van der Waals surface area (Å²) in [6.07, 6.45) is 2.11. The molecule has 142 valence electrons. The van der Waals surface area contributed by atoms with Crippen molar-refractivity contribution in [1.82, 2.24) is 19.7 Å². The Morgan fingerprint density at radius 3 is 2.59 bits per heavy atom. The number of ether oxygens (including phenoxy) is 1. The Labute approximate surface area is 159 Å². The van der Waals surface area contributed by atoms with Crippen LogP contribution < -0.4 is 10.2 Å². The van der Waals surface area contributed by atoms with Crippen LogP contribution in [-0.4, -0.2) is 45.0 Å². The molecule has 1 fully saturated rings. The fourth-order valence-electron chi connectivity index (χ4n) is 3.59. The zero-order valence-electron chi connectivity index (χ0n) is 16.5. The number of benzene rings is 1. The lowest BCUT2D eigenvalue weighted by atomic mass is 10.1. The second kappa shape index (κ2) is 6.81. The first-order chi connectivity index (χ1) is 12.9. The van der Waals surface area contributed by atoms with E-state index >= 15 is 0 Å². The number of aryl methyl sites for hydroxylation is 3. The van der Waals surface area contributed by atoms with Gasteiger partial charge in [-0.05, 0) is 44.9 Å². The van der Waals surface area contributed by atoms with Gasteiger partial charge in [0.25, 0.3) is 0 Å². The van der Waals surface area contributed by atoms with Crippen molar-refractivity contribution in [1.29, 1.82) is 0 Å². The summed E-state index contributed by atoms with van der Waals surface area (Å²) in [5, 5.41) is 8.81. The largest absolute Gasteiger partial charge is 0.372 e. The van der Waals surface area contributed by atoms with Crippen LogP contribution >= 0.6 is 0 Å². The number of aromatic nitrogens is 4. The molecule has 0 aliphatic carbocycles. The standard InChI is InChI=1S/C20H26N6O/c1-12-6-7-13(2)17(8-12)22-18-16-9-21-25(5)19(16)24-20(23-18)26-10-14(3)27-15(4)11-26/h6-9,14-15H,10-11H2,1-5H3,(H,22,23,24)/t14-,15+. The van der Waals surface area contributed by atoms with Gasteiger partial charge in [0.15, 0.2) is 5.65 Å². The Hall–Kier alpha value is -2.67. The predicted octanol–water partition coefficient (Wildman–Crippen LogP) is 3.34. The van der Waals surface area contributed by atoms with E-state index in [-0.39, 0.29) is 12.2 Å². The van der Waals surface area contributed by atoms with Crippen LogP contribution in [0.4, 0.5) is 17.5 Å². The third-order valence-corrected chi connectivity index (χ3v) is 4.93. The number of anilines is 3. The molecule has 1 N–H and O–H groups in total. The monoisotopic (exact) mass is 366 g/mol. The summed E-state index contributed by atoms with van der Waals surface area (Å²) in [4.78, 5) is 11.9. The molecule has 2 atom stereocenters. The van der Waals surface area contributed by atoms with E-state index in [1.54, 1.807) is 4.68 Å². The summed E-state index contributed by atoms with van der Waals surface area (Å²) >= 11 is 0. The van der Waals surface area contributed by atoms with Crippen molar-refractivity contribution in [2.24, 2.45) is 7.05 Å². The number of nitrogens with one attached hydrogen (secondary N) is 1. The average Bonchev–Trinajstić information content (AvgIpc) is 2.99. The van der Waals surface area contributed by atoms with Crippen molar-refractivity contribution in [3.05, 3.63) is 35.5 Å².